The number of rotatable bonds is 3. The summed E-state index contributed by atoms with van der Waals surface area (Å²) in [7, 11) is 1.63. The lowest BCUT2D eigenvalue weighted by atomic mass is 10.1. The van der Waals surface area contributed by atoms with Gasteiger partial charge in [0.05, 0.1) is 12.6 Å². The van der Waals surface area contributed by atoms with Crippen LogP contribution in [0.25, 0.3) is 10.9 Å². The van der Waals surface area contributed by atoms with Gasteiger partial charge in [-0.1, -0.05) is 0 Å². The lowest BCUT2D eigenvalue weighted by Gasteiger charge is -1.99. The van der Waals surface area contributed by atoms with Gasteiger partial charge in [-0.25, -0.2) is 0 Å². The third-order valence-corrected chi connectivity index (χ3v) is 2.20. The molecule has 0 unspecified atom stereocenters. The zero-order chi connectivity index (χ0) is 9.97. The summed E-state index contributed by atoms with van der Waals surface area (Å²) in [5.74, 6) is 0.804. The number of hydrogen-bond acceptors (Lipinski definition) is 3. The second-order valence-corrected chi connectivity index (χ2v) is 3.06. The minimum Gasteiger partial charge on any atom is -0.497 e. The number of H-pyrrole nitrogens is 1. The van der Waals surface area contributed by atoms with Crippen LogP contribution in [0.3, 0.4) is 0 Å². The van der Waals surface area contributed by atoms with Crippen molar-refractivity contribution in [2.24, 2.45) is 0 Å². The highest BCUT2D eigenvalue weighted by Crippen LogP contribution is 2.21. The molecular weight excluding hydrogens is 180 g/mol. The van der Waals surface area contributed by atoms with Crippen LogP contribution >= 0.6 is 0 Å². The zero-order valence-electron chi connectivity index (χ0n) is 7.95. The summed E-state index contributed by atoms with van der Waals surface area (Å²) in [5.41, 5.74) is 1.84. The third kappa shape index (κ3) is 1.44. The summed E-state index contributed by atoms with van der Waals surface area (Å²) in [6, 6.07) is 5.68. The standard InChI is InChI=1S/C10H12N2O2/c1-14-7-2-3-9-8(6-7)10(4-5-13)12-11-9/h2-3,6,13H,4-5H2,1H3,(H,11,12). The van der Waals surface area contributed by atoms with Crippen LogP contribution in [0.15, 0.2) is 18.2 Å². The molecule has 1 aromatic heterocycles. The second-order valence-electron chi connectivity index (χ2n) is 3.06. The number of aromatic amines is 1. The Morgan fingerprint density at radius 1 is 1.50 bits per heavy atom. The Bertz CT molecular complexity index is 437. The van der Waals surface area contributed by atoms with E-state index in [0.717, 1.165) is 22.3 Å². The maximum absolute atomic E-state index is 8.84. The van der Waals surface area contributed by atoms with Crippen LogP contribution in [0.4, 0.5) is 0 Å². The molecule has 0 aliphatic heterocycles. The van der Waals surface area contributed by atoms with Crippen molar-refractivity contribution in [2.75, 3.05) is 13.7 Å². The summed E-state index contributed by atoms with van der Waals surface area (Å²) in [6.45, 7) is 0.120. The number of hydrogen-bond donors (Lipinski definition) is 2. The van der Waals surface area contributed by atoms with E-state index >= 15 is 0 Å². The monoisotopic (exact) mass is 192 g/mol. The van der Waals surface area contributed by atoms with Gasteiger partial charge in [0.25, 0.3) is 0 Å². The summed E-state index contributed by atoms with van der Waals surface area (Å²) in [4.78, 5) is 0. The summed E-state index contributed by atoms with van der Waals surface area (Å²) in [6.07, 6.45) is 0.587. The van der Waals surface area contributed by atoms with E-state index in [1.807, 2.05) is 18.2 Å². The van der Waals surface area contributed by atoms with Crippen molar-refractivity contribution in [1.29, 1.82) is 0 Å². The molecule has 2 N–H and O–H groups in total. The molecule has 0 aliphatic carbocycles. The highest BCUT2D eigenvalue weighted by Gasteiger charge is 2.05. The Balaban J connectivity index is 2.52. The predicted molar refractivity (Wildman–Crippen MR) is 53.4 cm³/mol. The number of aliphatic hydroxyl groups excluding tert-OH is 1. The fourth-order valence-electron chi connectivity index (χ4n) is 1.47. The van der Waals surface area contributed by atoms with E-state index in [-0.39, 0.29) is 6.61 Å². The van der Waals surface area contributed by atoms with Gasteiger partial charge in [0.1, 0.15) is 5.75 Å². The number of ether oxygens (including phenoxy) is 1. The molecule has 0 saturated carbocycles. The van der Waals surface area contributed by atoms with Gasteiger partial charge < -0.3 is 9.84 Å². The fourth-order valence-corrected chi connectivity index (χ4v) is 1.47. The molecule has 0 fully saturated rings. The number of nitrogens with one attached hydrogen (secondary N) is 1. The van der Waals surface area contributed by atoms with Crippen LogP contribution in [-0.2, 0) is 6.42 Å². The van der Waals surface area contributed by atoms with Crippen LogP contribution in [0.2, 0.25) is 0 Å². The van der Waals surface area contributed by atoms with E-state index in [1.54, 1.807) is 7.11 Å². The van der Waals surface area contributed by atoms with E-state index in [1.165, 1.54) is 0 Å². The molecule has 0 bridgehead atoms. The van der Waals surface area contributed by atoms with Crippen LogP contribution < -0.4 is 4.74 Å². The third-order valence-electron chi connectivity index (χ3n) is 2.20. The van der Waals surface area contributed by atoms with Gasteiger partial charge in [-0.05, 0) is 18.2 Å². The van der Waals surface area contributed by atoms with Crippen molar-refractivity contribution in [1.82, 2.24) is 10.2 Å². The van der Waals surface area contributed by atoms with E-state index < -0.39 is 0 Å². The largest absolute Gasteiger partial charge is 0.497 e. The predicted octanol–water partition coefficient (Wildman–Crippen LogP) is 1.11. The van der Waals surface area contributed by atoms with Crippen molar-refractivity contribution in [3.05, 3.63) is 23.9 Å². The molecule has 4 heteroatoms. The lowest BCUT2D eigenvalue weighted by molar-refractivity contribution is 0.298. The fraction of sp³-hybridized carbons (Fsp3) is 0.300. The molecular formula is C10H12N2O2. The van der Waals surface area contributed by atoms with Crippen molar-refractivity contribution in [2.45, 2.75) is 6.42 Å². The number of fused-ring (bicyclic) bond motifs is 1. The van der Waals surface area contributed by atoms with Gasteiger partial charge in [0.15, 0.2) is 0 Å². The van der Waals surface area contributed by atoms with Crippen molar-refractivity contribution < 1.29 is 9.84 Å². The van der Waals surface area contributed by atoms with Crippen molar-refractivity contribution >= 4 is 10.9 Å². The summed E-state index contributed by atoms with van der Waals surface area (Å²) in [5, 5.41) is 16.9. The summed E-state index contributed by atoms with van der Waals surface area (Å²) >= 11 is 0. The molecule has 0 spiro atoms. The Morgan fingerprint density at radius 3 is 3.07 bits per heavy atom. The number of aromatic nitrogens is 2. The molecule has 0 aliphatic rings. The molecule has 1 heterocycles. The first kappa shape index (κ1) is 9.02. The number of methoxy groups -OCH3 is 1. The molecule has 74 valence electrons. The molecule has 2 aromatic rings. The first-order chi connectivity index (χ1) is 6.85. The average Bonchev–Trinajstić information content (AvgIpc) is 2.61. The smallest absolute Gasteiger partial charge is 0.119 e. The Kier molecular flexibility index (Phi) is 2.37. The maximum atomic E-state index is 8.84. The van der Waals surface area contributed by atoms with Gasteiger partial charge in [-0.2, -0.15) is 5.10 Å². The first-order valence-corrected chi connectivity index (χ1v) is 4.47. The average molecular weight is 192 g/mol. The van der Waals surface area contributed by atoms with Crippen LogP contribution in [0, 0.1) is 0 Å². The highest BCUT2D eigenvalue weighted by molar-refractivity contribution is 5.82. The maximum Gasteiger partial charge on any atom is 0.119 e. The van der Waals surface area contributed by atoms with Crippen molar-refractivity contribution in [3.63, 3.8) is 0 Å². The molecule has 0 saturated heterocycles. The van der Waals surface area contributed by atoms with Gasteiger partial charge in [0.2, 0.25) is 0 Å². The van der Waals surface area contributed by atoms with Gasteiger partial charge in [0, 0.05) is 24.1 Å². The normalized spacial score (nSPS) is 10.7. The Morgan fingerprint density at radius 2 is 2.36 bits per heavy atom. The van der Waals surface area contributed by atoms with Crippen LogP contribution in [-0.4, -0.2) is 29.0 Å². The van der Waals surface area contributed by atoms with E-state index in [0.29, 0.717) is 6.42 Å². The quantitative estimate of drug-likeness (QED) is 0.765. The SMILES string of the molecule is COc1ccc2n[nH]c(CCO)c2c1. The highest BCUT2D eigenvalue weighted by atomic mass is 16.5. The number of aliphatic hydroxyl groups is 1. The molecule has 0 amide bonds. The van der Waals surface area contributed by atoms with Crippen LogP contribution in [0.5, 0.6) is 5.75 Å². The number of benzene rings is 1. The lowest BCUT2D eigenvalue weighted by Crippen LogP contribution is -1.91. The topological polar surface area (TPSA) is 58.1 Å². The zero-order valence-corrected chi connectivity index (χ0v) is 7.95. The Labute approximate surface area is 81.5 Å². The van der Waals surface area contributed by atoms with Gasteiger partial charge in [-0.15, -0.1) is 0 Å². The second kappa shape index (κ2) is 3.67. The van der Waals surface area contributed by atoms with Gasteiger partial charge in [-0.3, -0.25) is 5.10 Å². The van der Waals surface area contributed by atoms with Crippen molar-refractivity contribution in [3.8, 4) is 5.75 Å². The van der Waals surface area contributed by atoms with E-state index in [4.69, 9.17) is 9.84 Å². The Hall–Kier alpha value is -1.55. The first-order valence-electron chi connectivity index (χ1n) is 4.47. The minimum atomic E-state index is 0.120. The molecule has 0 atom stereocenters. The molecule has 2 rings (SSSR count). The number of nitrogens with zero attached hydrogens (tertiary/aromatic N) is 1. The molecule has 14 heavy (non-hydrogen) atoms. The molecule has 4 nitrogen and oxygen atoms in total. The van der Waals surface area contributed by atoms with Gasteiger partial charge >= 0.3 is 0 Å². The summed E-state index contributed by atoms with van der Waals surface area (Å²) < 4.78 is 5.12. The van der Waals surface area contributed by atoms with E-state index in [2.05, 4.69) is 10.2 Å². The van der Waals surface area contributed by atoms with E-state index in [9.17, 15) is 0 Å². The van der Waals surface area contributed by atoms with Crippen LogP contribution in [0.1, 0.15) is 5.69 Å². The molecule has 1 aromatic carbocycles. The minimum absolute atomic E-state index is 0.120. The molecule has 0 radical (unpaired) electrons.